The van der Waals surface area contributed by atoms with Crippen LogP contribution in [0.5, 0.6) is 0 Å². The first-order chi connectivity index (χ1) is 13.7. The first-order valence-electron chi connectivity index (χ1n) is 10.9. The number of benzene rings is 1. The summed E-state index contributed by atoms with van der Waals surface area (Å²) in [5, 5.41) is 4.16. The van der Waals surface area contributed by atoms with Crippen LogP contribution >= 0.6 is 0 Å². The van der Waals surface area contributed by atoms with Gasteiger partial charge in [-0.05, 0) is 87.4 Å². The Morgan fingerprint density at radius 2 is 1.50 bits per heavy atom. The third-order valence-corrected chi connectivity index (χ3v) is 7.45. The van der Waals surface area contributed by atoms with E-state index in [9.17, 15) is 4.79 Å². The molecule has 0 atom stereocenters. The van der Waals surface area contributed by atoms with E-state index < -0.39 is 0 Å². The molecule has 0 bridgehead atoms. The van der Waals surface area contributed by atoms with Gasteiger partial charge in [0.1, 0.15) is 0 Å². The Morgan fingerprint density at radius 1 is 0.857 bits per heavy atom. The maximum absolute atomic E-state index is 12.0. The lowest BCUT2D eigenvalue weighted by atomic mass is 9.70. The quantitative estimate of drug-likeness (QED) is 0.820. The summed E-state index contributed by atoms with van der Waals surface area (Å²) in [6.07, 6.45) is 11.4. The SMILES string of the molecule is O=c1cccnn1-c1ccc(N2CCC3(CC2)CCN(C2CCC2)CC3)cc1. The van der Waals surface area contributed by atoms with Gasteiger partial charge in [0.25, 0.3) is 5.56 Å². The van der Waals surface area contributed by atoms with Crippen LogP contribution in [0.4, 0.5) is 5.69 Å². The van der Waals surface area contributed by atoms with E-state index in [0.29, 0.717) is 5.41 Å². The third kappa shape index (κ3) is 3.37. The number of piperidine rings is 2. The van der Waals surface area contributed by atoms with Crippen molar-refractivity contribution in [1.29, 1.82) is 0 Å². The number of likely N-dealkylation sites (tertiary alicyclic amines) is 1. The van der Waals surface area contributed by atoms with Crippen LogP contribution < -0.4 is 10.5 Å². The Hall–Kier alpha value is -2.14. The van der Waals surface area contributed by atoms with Gasteiger partial charge in [-0.3, -0.25) is 4.79 Å². The van der Waals surface area contributed by atoms with Crippen molar-refractivity contribution < 1.29 is 0 Å². The fourth-order valence-corrected chi connectivity index (χ4v) is 5.21. The highest BCUT2D eigenvalue weighted by Crippen LogP contribution is 2.43. The van der Waals surface area contributed by atoms with E-state index in [4.69, 9.17) is 0 Å². The van der Waals surface area contributed by atoms with Crippen molar-refractivity contribution in [2.75, 3.05) is 31.1 Å². The normalized spacial score (nSPS) is 22.9. The molecular formula is C23H30N4O. The van der Waals surface area contributed by atoms with Crippen LogP contribution in [0.25, 0.3) is 5.69 Å². The molecule has 148 valence electrons. The summed E-state index contributed by atoms with van der Waals surface area (Å²) in [6, 6.07) is 12.4. The van der Waals surface area contributed by atoms with E-state index in [1.807, 2.05) is 12.1 Å². The number of hydrogen-bond acceptors (Lipinski definition) is 4. The van der Waals surface area contributed by atoms with Crippen molar-refractivity contribution >= 4 is 5.69 Å². The van der Waals surface area contributed by atoms with Gasteiger partial charge in [0.2, 0.25) is 0 Å². The first-order valence-corrected chi connectivity index (χ1v) is 10.9. The van der Waals surface area contributed by atoms with Gasteiger partial charge in [-0.1, -0.05) is 6.42 Å². The van der Waals surface area contributed by atoms with Crippen LogP contribution in [0, 0.1) is 5.41 Å². The maximum atomic E-state index is 12.0. The molecule has 1 aliphatic carbocycles. The fraction of sp³-hybridized carbons (Fsp3) is 0.565. The minimum absolute atomic E-state index is 0.0941. The molecule has 28 heavy (non-hydrogen) atoms. The van der Waals surface area contributed by atoms with E-state index in [0.717, 1.165) is 24.8 Å². The summed E-state index contributed by atoms with van der Waals surface area (Å²) in [7, 11) is 0. The second-order valence-corrected chi connectivity index (χ2v) is 8.90. The van der Waals surface area contributed by atoms with Gasteiger partial charge in [-0.2, -0.15) is 9.78 Å². The molecule has 0 radical (unpaired) electrons. The Bertz CT molecular complexity index is 853. The number of hydrogen-bond donors (Lipinski definition) is 0. The van der Waals surface area contributed by atoms with E-state index in [1.54, 1.807) is 18.3 Å². The summed E-state index contributed by atoms with van der Waals surface area (Å²) in [5.41, 5.74) is 2.57. The van der Waals surface area contributed by atoms with E-state index in [-0.39, 0.29) is 5.56 Å². The van der Waals surface area contributed by atoms with Crippen molar-refractivity contribution in [3.8, 4) is 5.69 Å². The molecule has 1 aromatic heterocycles. The molecule has 1 spiro atoms. The molecule has 1 aromatic carbocycles. The molecule has 2 aliphatic heterocycles. The third-order valence-electron chi connectivity index (χ3n) is 7.45. The Labute approximate surface area is 167 Å². The summed E-state index contributed by atoms with van der Waals surface area (Å²) >= 11 is 0. The summed E-state index contributed by atoms with van der Waals surface area (Å²) in [5.74, 6) is 0. The minimum Gasteiger partial charge on any atom is -0.371 e. The smallest absolute Gasteiger partial charge is 0.271 e. The fourth-order valence-electron chi connectivity index (χ4n) is 5.21. The Kier molecular flexibility index (Phi) is 4.71. The molecular weight excluding hydrogens is 348 g/mol. The Balaban J connectivity index is 1.20. The average Bonchev–Trinajstić information content (AvgIpc) is 2.70. The molecule has 0 N–H and O–H groups in total. The van der Waals surface area contributed by atoms with Crippen molar-refractivity contribution in [3.05, 3.63) is 52.9 Å². The number of rotatable bonds is 3. The van der Waals surface area contributed by atoms with Gasteiger partial charge in [0, 0.05) is 37.1 Å². The largest absolute Gasteiger partial charge is 0.371 e. The van der Waals surface area contributed by atoms with Gasteiger partial charge in [-0.25, -0.2) is 0 Å². The van der Waals surface area contributed by atoms with Gasteiger partial charge < -0.3 is 9.80 Å². The topological polar surface area (TPSA) is 41.4 Å². The van der Waals surface area contributed by atoms with Crippen LogP contribution in [0.15, 0.2) is 47.4 Å². The zero-order chi connectivity index (χ0) is 19.0. The highest BCUT2D eigenvalue weighted by Gasteiger charge is 2.39. The van der Waals surface area contributed by atoms with E-state index >= 15 is 0 Å². The number of anilines is 1. The minimum atomic E-state index is -0.0941. The second kappa shape index (κ2) is 7.36. The number of nitrogens with zero attached hydrogens (tertiary/aromatic N) is 4. The Morgan fingerprint density at radius 3 is 2.11 bits per heavy atom. The van der Waals surface area contributed by atoms with Crippen LogP contribution in [0.3, 0.4) is 0 Å². The highest BCUT2D eigenvalue weighted by atomic mass is 16.1. The van der Waals surface area contributed by atoms with Crippen LogP contribution in [-0.4, -0.2) is 46.9 Å². The zero-order valence-electron chi connectivity index (χ0n) is 16.6. The monoisotopic (exact) mass is 378 g/mol. The first kappa shape index (κ1) is 17.9. The molecule has 3 fully saturated rings. The predicted molar refractivity (Wildman–Crippen MR) is 112 cm³/mol. The second-order valence-electron chi connectivity index (χ2n) is 8.90. The lowest BCUT2D eigenvalue weighted by molar-refractivity contribution is 0.0306. The van der Waals surface area contributed by atoms with Crippen molar-refractivity contribution in [2.24, 2.45) is 5.41 Å². The molecule has 2 aromatic rings. The molecule has 1 saturated carbocycles. The standard InChI is InChI=1S/C23H30N4O/c28-22-5-2-14-24-27(22)21-8-6-20(7-9-21)26-17-12-23(13-18-26)10-15-25(16-11-23)19-3-1-4-19/h2,5-9,14,19H,1,3-4,10-13,15-18H2. The summed E-state index contributed by atoms with van der Waals surface area (Å²) < 4.78 is 1.45. The molecule has 0 amide bonds. The van der Waals surface area contributed by atoms with Gasteiger partial charge in [-0.15, -0.1) is 0 Å². The highest BCUT2D eigenvalue weighted by molar-refractivity contribution is 5.51. The van der Waals surface area contributed by atoms with Crippen molar-refractivity contribution in [2.45, 2.75) is 51.0 Å². The van der Waals surface area contributed by atoms with Gasteiger partial charge >= 0.3 is 0 Å². The van der Waals surface area contributed by atoms with Gasteiger partial charge in [0.05, 0.1) is 5.69 Å². The molecule has 5 nitrogen and oxygen atoms in total. The van der Waals surface area contributed by atoms with Crippen LogP contribution in [0.1, 0.15) is 44.9 Å². The number of aromatic nitrogens is 2. The predicted octanol–water partition coefficient (Wildman–Crippen LogP) is 3.47. The maximum Gasteiger partial charge on any atom is 0.271 e. The molecule has 2 saturated heterocycles. The molecule has 5 heteroatoms. The lowest BCUT2D eigenvalue weighted by Gasteiger charge is -2.50. The summed E-state index contributed by atoms with van der Waals surface area (Å²) in [4.78, 5) is 17.2. The molecule has 3 aliphatic rings. The lowest BCUT2D eigenvalue weighted by Crippen LogP contribution is -2.50. The molecule has 3 heterocycles. The molecule has 0 unspecified atom stereocenters. The van der Waals surface area contributed by atoms with Gasteiger partial charge in [0.15, 0.2) is 0 Å². The molecule has 5 rings (SSSR count). The van der Waals surface area contributed by atoms with E-state index in [1.165, 1.54) is 68.4 Å². The van der Waals surface area contributed by atoms with Crippen molar-refractivity contribution in [1.82, 2.24) is 14.7 Å². The summed E-state index contributed by atoms with van der Waals surface area (Å²) in [6.45, 7) is 4.93. The van der Waals surface area contributed by atoms with E-state index in [2.05, 4.69) is 27.0 Å². The average molecular weight is 379 g/mol. The van der Waals surface area contributed by atoms with Crippen LogP contribution in [0.2, 0.25) is 0 Å². The van der Waals surface area contributed by atoms with Crippen molar-refractivity contribution in [3.63, 3.8) is 0 Å². The van der Waals surface area contributed by atoms with Crippen LogP contribution in [-0.2, 0) is 0 Å². The zero-order valence-corrected chi connectivity index (χ0v) is 16.6.